The molecule has 1 heterocycles. The van der Waals surface area contributed by atoms with E-state index in [-0.39, 0.29) is 0 Å². The second-order valence-corrected chi connectivity index (χ2v) is 3.70. The standard InChI is InChI=1S/C8H16O8/c9-1-2(10)3(11)7-5(13)4(12)6(14)8(15)16-7/h2-15H,1H2/t2-,3+,4-,5+,6-,7+,8+/m0/s1. The molecular formula is C8H16O8. The SMILES string of the molecule is OC[C@H](O)[C@@H](O)[C@H]1O[C@@H](O)[C@@H](O)[C@@H](O)[C@H]1O. The molecule has 0 aliphatic carbocycles. The third-order valence-electron chi connectivity index (χ3n) is 2.54. The van der Waals surface area contributed by atoms with Crippen molar-refractivity contribution in [3.8, 4) is 0 Å². The number of hydrogen-bond acceptors (Lipinski definition) is 8. The largest absolute Gasteiger partial charge is 0.394 e. The van der Waals surface area contributed by atoms with Crippen molar-refractivity contribution in [1.29, 1.82) is 0 Å². The van der Waals surface area contributed by atoms with Gasteiger partial charge in [0.25, 0.3) is 0 Å². The summed E-state index contributed by atoms with van der Waals surface area (Å²) in [4.78, 5) is 0. The molecule has 1 aliphatic heterocycles. The lowest BCUT2D eigenvalue weighted by Crippen LogP contribution is -2.62. The fourth-order valence-electron chi connectivity index (χ4n) is 1.50. The van der Waals surface area contributed by atoms with Crippen LogP contribution >= 0.6 is 0 Å². The van der Waals surface area contributed by atoms with Gasteiger partial charge in [0.2, 0.25) is 0 Å². The van der Waals surface area contributed by atoms with Crippen LogP contribution in [-0.4, -0.2) is 85.3 Å². The molecule has 1 rings (SSSR count). The number of ether oxygens (including phenoxy) is 1. The molecule has 0 saturated carbocycles. The summed E-state index contributed by atoms with van der Waals surface area (Å²) in [6.45, 7) is -0.775. The monoisotopic (exact) mass is 240 g/mol. The van der Waals surface area contributed by atoms with Crippen LogP contribution in [0.15, 0.2) is 0 Å². The zero-order valence-electron chi connectivity index (χ0n) is 8.29. The highest BCUT2D eigenvalue weighted by molar-refractivity contribution is 4.93. The lowest BCUT2D eigenvalue weighted by molar-refractivity contribution is -0.303. The minimum absolute atomic E-state index is 0.775. The predicted molar refractivity (Wildman–Crippen MR) is 48.0 cm³/mol. The first-order valence-corrected chi connectivity index (χ1v) is 4.75. The Hall–Kier alpha value is -0.320. The topological polar surface area (TPSA) is 151 Å². The Morgan fingerprint density at radius 3 is 2.00 bits per heavy atom. The highest BCUT2D eigenvalue weighted by Gasteiger charge is 2.47. The van der Waals surface area contributed by atoms with E-state index >= 15 is 0 Å². The number of aliphatic hydroxyl groups is 7. The van der Waals surface area contributed by atoms with Crippen LogP contribution < -0.4 is 0 Å². The molecule has 8 heteroatoms. The first-order valence-electron chi connectivity index (χ1n) is 4.75. The summed E-state index contributed by atoms with van der Waals surface area (Å²) in [7, 11) is 0. The van der Waals surface area contributed by atoms with Crippen molar-refractivity contribution < 1.29 is 40.5 Å². The summed E-state index contributed by atoms with van der Waals surface area (Å²) < 4.78 is 4.64. The molecule has 0 amide bonds. The Kier molecular flexibility index (Phi) is 4.59. The van der Waals surface area contributed by atoms with Crippen LogP contribution in [0.1, 0.15) is 0 Å². The van der Waals surface area contributed by atoms with Crippen molar-refractivity contribution in [3.05, 3.63) is 0 Å². The number of aliphatic hydroxyl groups excluding tert-OH is 7. The van der Waals surface area contributed by atoms with Crippen molar-refractivity contribution >= 4 is 0 Å². The van der Waals surface area contributed by atoms with Crippen LogP contribution in [0.25, 0.3) is 0 Å². The summed E-state index contributed by atoms with van der Waals surface area (Å²) in [5.74, 6) is 0. The Morgan fingerprint density at radius 2 is 1.50 bits per heavy atom. The second-order valence-electron chi connectivity index (χ2n) is 3.70. The molecule has 0 bridgehead atoms. The molecular weight excluding hydrogens is 224 g/mol. The zero-order valence-corrected chi connectivity index (χ0v) is 8.29. The van der Waals surface area contributed by atoms with E-state index in [0.29, 0.717) is 0 Å². The van der Waals surface area contributed by atoms with Gasteiger partial charge >= 0.3 is 0 Å². The minimum atomic E-state index is -1.79. The maximum absolute atomic E-state index is 9.44. The maximum atomic E-state index is 9.44. The first-order chi connectivity index (χ1) is 7.40. The Labute approximate surface area is 91.0 Å². The summed E-state index contributed by atoms with van der Waals surface area (Å²) in [6.07, 6.45) is -11.7. The molecule has 0 aromatic carbocycles. The average Bonchev–Trinajstić information content (AvgIpc) is 2.29. The molecule has 1 aliphatic rings. The van der Waals surface area contributed by atoms with Crippen molar-refractivity contribution in [2.45, 2.75) is 42.9 Å². The molecule has 0 spiro atoms. The highest BCUT2D eigenvalue weighted by atomic mass is 16.6. The third-order valence-corrected chi connectivity index (χ3v) is 2.54. The van der Waals surface area contributed by atoms with E-state index in [4.69, 9.17) is 20.4 Å². The van der Waals surface area contributed by atoms with E-state index < -0.39 is 49.5 Å². The van der Waals surface area contributed by atoms with Crippen molar-refractivity contribution in [2.24, 2.45) is 0 Å². The lowest BCUT2D eigenvalue weighted by Gasteiger charge is -2.40. The molecule has 1 saturated heterocycles. The smallest absolute Gasteiger partial charge is 0.184 e. The summed E-state index contributed by atoms with van der Waals surface area (Å²) in [5, 5.41) is 64.1. The van der Waals surface area contributed by atoms with Gasteiger partial charge < -0.3 is 40.5 Å². The second kappa shape index (κ2) is 5.34. The summed E-state index contributed by atoms with van der Waals surface area (Å²) >= 11 is 0. The highest BCUT2D eigenvalue weighted by Crippen LogP contribution is 2.23. The maximum Gasteiger partial charge on any atom is 0.184 e. The molecule has 7 N–H and O–H groups in total. The molecule has 96 valence electrons. The molecule has 8 nitrogen and oxygen atoms in total. The van der Waals surface area contributed by atoms with Gasteiger partial charge in [0, 0.05) is 0 Å². The first kappa shape index (κ1) is 13.7. The van der Waals surface area contributed by atoms with Gasteiger partial charge in [-0.3, -0.25) is 0 Å². The van der Waals surface area contributed by atoms with Gasteiger partial charge in [-0.25, -0.2) is 0 Å². The van der Waals surface area contributed by atoms with E-state index in [1.807, 2.05) is 0 Å². The van der Waals surface area contributed by atoms with E-state index in [2.05, 4.69) is 4.74 Å². The van der Waals surface area contributed by atoms with Crippen LogP contribution in [0.2, 0.25) is 0 Å². The normalized spacial score (nSPS) is 44.1. The van der Waals surface area contributed by atoms with Gasteiger partial charge in [-0.2, -0.15) is 0 Å². The lowest BCUT2D eigenvalue weighted by atomic mass is 9.93. The predicted octanol–water partition coefficient (Wildman–Crippen LogP) is -4.50. The van der Waals surface area contributed by atoms with Crippen molar-refractivity contribution in [3.63, 3.8) is 0 Å². The van der Waals surface area contributed by atoms with Crippen LogP contribution in [0.4, 0.5) is 0 Å². The molecule has 1 fully saturated rings. The quantitative estimate of drug-likeness (QED) is 0.261. The summed E-state index contributed by atoms with van der Waals surface area (Å²) in [6, 6.07) is 0. The van der Waals surface area contributed by atoms with Crippen LogP contribution in [0, 0.1) is 0 Å². The minimum Gasteiger partial charge on any atom is -0.394 e. The molecule has 0 aromatic rings. The van der Waals surface area contributed by atoms with E-state index in [1.165, 1.54) is 0 Å². The molecule has 7 atom stereocenters. The van der Waals surface area contributed by atoms with Crippen LogP contribution in [-0.2, 0) is 4.74 Å². The van der Waals surface area contributed by atoms with Gasteiger partial charge in [0.15, 0.2) is 6.29 Å². The fourth-order valence-corrected chi connectivity index (χ4v) is 1.50. The fraction of sp³-hybridized carbons (Fsp3) is 1.00. The van der Waals surface area contributed by atoms with E-state index in [0.717, 1.165) is 0 Å². The Morgan fingerprint density at radius 1 is 0.938 bits per heavy atom. The van der Waals surface area contributed by atoms with Gasteiger partial charge in [0.1, 0.15) is 36.6 Å². The van der Waals surface area contributed by atoms with Crippen LogP contribution in [0.5, 0.6) is 0 Å². The average molecular weight is 240 g/mol. The zero-order chi connectivity index (χ0) is 12.5. The Bertz CT molecular complexity index is 220. The number of hydrogen-bond donors (Lipinski definition) is 7. The van der Waals surface area contributed by atoms with Gasteiger partial charge in [0.05, 0.1) is 6.61 Å². The van der Waals surface area contributed by atoms with Crippen molar-refractivity contribution in [2.75, 3.05) is 6.61 Å². The van der Waals surface area contributed by atoms with E-state index in [1.54, 1.807) is 0 Å². The number of rotatable bonds is 3. The third kappa shape index (κ3) is 2.50. The van der Waals surface area contributed by atoms with Gasteiger partial charge in [-0.1, -0.05) is 0 Å². The van der Waals surface area contributed by atoms with Gasteiger partial charge in [-0.05, 0) is 0 Å². The van der Waals surface area contributed by atoms with Crippen LogP contribution in [0.3, 0.4) is 0 Å². The summed E-state index contributed by atoms with van der Waals surface area (Å²) in [5.41, 5.74) is 0. The Balaban J connectivity index is 2.73. The molecule has 0 radical (unpaired) electrons. The molecule has 0 unspecified atom stereocenters. The molecule has 0 aromatic heterocycles. The van der Waals surface area contributed by atoms with Gasteiger partial charge in [-0.15, -0.1) is 0 Å². The molecule has 16 heavy (non-hydrogen) atoms. The van der Waals surface area contributed by atoms with E-state index in [9.17, 15) is 15.3 Å². The van der Waals surface area contributed by atoms with Crippen molar-refractivity contribution in [1.82, 2.24) is 0 Å².